The highest BCUT2D eigenvalue weighted by atomic mass is 35.5. The van der Waals surface area contributed by atoms with Gasteiger partial charge in [0.05, 0.1) is 0 Å². The fourth-order valence-electron chi connectivity index (χ4n) is 3.77. The largest absolute Gasteiger partial charge is 0.484 e. The van der Waals surface area contributed by atoms with E-state index in [0.29, 0.717) is 27.8 Å². The van der Waals surface area contributed by atoms with Crippen LogP contribution < -0.4 is 10.1 Å². The number of benzene rings is 3. The van der Waals surface area contributed by atoms with Crippen molar-refractivity contribution in [2.75, 3.05) is 6.61 Å². The van der Waals surface area contributed by atoms with E-state index in [9.17, 15) is 9.59 Å². The van der Waals surface area contributed by atoms with Crippen molar-refractivity contribution in [3.63, 3.8) is 0 Å². The molecule has 7 heteroatoms. The molecule has 5 nitrogen and oxygen atoms in total. The zero-order valence-corrected chi connectivity index (χ0v) is 22.4. The van der Waals surface area contributed by atoms with E-state index in [0.717, 1.165) is 17.5 Å². The number of halogens is 2. The molecule has 0 heterocycles. The zero-order chi connectivity index (χ0) is 26.1. The van der Waals surface area contributed by atoms with Gasteiger partial charge in [-0.05, 0) is 55.2 Å². The normalized spacial score (nSPS) is 12.5. The molecule has 2 amide bonds. The third kappa shape index (κ3) is 7.74. The number of rotatable bonds is 11. The maximum Gasteiger partial charge on any atom is 0.261 e. The monoisotopic (exact) mass is 526 g/mol. The molecule has 0 spiro atoms. The van der Waals surface area contributed by atoms with E-state index < -0.39 is 6.04 Å². The Bertz CT molecular complexity index is 1170. The Kier molecular flexibility index (Phi) is 10.2. The average molecular weight is 527 g/mol. The van der Waals surface area contributed by atoms with Crippen molar-refractivity contribution in [3.05, 3.63) is 99.5 Å². The Morgan fingerprint density at radius 3 is 2.36 bits per heavy atom. The van der Waals surface area contributed by atoms with E-state index in [1.807, 2.05) is 75.4 Å². The number of nitrogens with one attached hydrogen (secondary N) is 1. The number of para-hydroxylation sites is 1. The first-order valence-corrected chi connectivity index (χ1v) is 12.8. The molecule has 0 saturated carbocycles. The Labute approximate surface area is 223 Å². The first-order valence-electron chi connectivity index (χ1n) is 12.0. The number of ether oxygens (including phenoxy) is 1. The molecule has 36 heavy (non-hydrogen) atoms. The molecule has 0 aliphatic carbocycles. The highest BCUT2D eigenvalue weighted by Gasteiger charge is 2.31. The van der Waals surface area contributed by atoms with Crippen LogP contribution in [0.1, 0.15) is 37.0 Å². The summed E-state index contributed by atoms with van der Waals surface area (Å²) in [5.74, 6) is 0.0889. The predicted molar refractivity (Wildman–Crippen MR) is 146 cm³/mol. The van der Waals surface area contributed by atoms with Gasteiger partial charge in [0.2, 0.25) is 5.91 Å². The van der Waals surface area contributed by atoms with Gasteiger partial charge in [0.1, 0.15) is 11.8 Å². The van der Waals surface area contributed by atoms with Gasteiger partial charge in [0.15, 0.2) is 6.61 Å². The molecule has 0 radical (unpaired) electrons. The molecule has 0 aliphatic rings. The van der Waals surface area contributed by atoms with Crippen LogP contribution in [0.25, 0.3) is 0 Å². The van der Waals surface area contributed by atoms with Gasteiger partial charge in [-0.2, -0.15) is 0 Å². The number of amides is 2. The maximum absolute atomic E-state index is 13.7. The van der Waals surface area contributed by atoms with Crippen LogP contribution in [-0.2, 0) is 22.6 Å². The summed E-state index contributed by atoms with van der Waals surface area (Å²) in [4.78, 5) is 28.7. The second kappa shape index (κ2) is 13.3. The highest BCUT2D eigenvalue weighted by Crippen LogP contribution is 2.24. The van der Waals surface area contributed by atoms with Crippen LogP contribution in [0.3, 0.4) is 0 Å². The summed E-state index contributed by atoms with van der Waals surface area (Å²) in [6.45, 7) is 5.79. The molecular formula is C29H32Cl2N2O3. The number of hydrogen-bond acceptors (Lipinski definition) is 3. The van der Waals surface area contributed by atoms with Crippen molar-refractivity contribution in [2.24, 2.45) is 0 Å². The van der Waals surface area contributed by atoms with Gasteiger partial charge in [-0.3, -0.25) is 9.59 Å². The number of nitrogens with zero attached hydrogens (tertiary/aromatic N) is 1. The fraction of sp³-hybridized carbons (Fsp3) is 0.310. The van der Waals surface area contributed by atoms with Crippen LogP contribution >= 0.6 is 23.2 Å². The first-order chi connectivity index (χ1) is 17.3. The van der Waals surface area contributed by atoms with Gasteiger partial charge >= 0.3 is 0 Å². The van der Waals surface area contributed by atoms with Crippen molar-refractivity contribution in [1.29, 1.82) is 0 Å². The van der Waals surface area contributed by atoms with E-state index in [4.69, 9.17) is 27.9 Å². The number of carbonyl (C=O) groups is 2. The van der Waals surface area contributed by atoms with Crippen molar-refractivity contribution in [2.45, 2.75) is 52.2 Å². The van der Waals surface area contributed by atoms with Crippen LogP contribution in [0.2, 0.25) is 10.0 Å². The molecule has 2 unspecified atom stereocenters. The molecule has 2 atom stereocenters. The lowest BCUT2D eigenvalue weighted by Gasteiger charge is -2.32. The summed E-state index contributed by atoms with van der Waals surface area (Å²) in [5.41, 5.74) is 2.56. The fourth-order valence-corrected chi connectivity index (χ4v) is 4.24. The zero-order valence-electron chi connectivity index (χ0n) is 20.8. The summed E-state index contributed by atoms with van der Waals surface area (Å²) >= 11 is 12.6. The summed E-state index contributed by atoms with van der Waals surface area (Å²) in [5, 5.41) is 3.98. The third-order valence-electron chi connectivity index (χ3n) is 6.07. The summed E-state index contributed by atoms with van der Waals surface area (Å²) in [6.07, 6.45) is 1.13. The first kappa shape index (κ1) is 27.6. The minimum Gasteiger partial charge on any atom is -0.484 e. The molecule has 3 aromatic carbocycles. The van der Waals surface area contributed by atoms with Gasteiger partial charge in [-0.1, -0.05) is 84.7 Å². The van der Waals surface area contributed by atoms with Gasteiger partial charge in [0, 0.05) is 29.1 Å². The lowest BCUT2D eigenvalue weighted by Crippen LogP contribution is -2.53. The van der Waals surface area contributed by atoms with E-state index in [-0.39, 0.29) is 31.0 Å². The SMILES string of the molecule is CCC(C)NC(=O)C(Cc1ccccc1)N(Cc1ccc(Cl)cc1Cl)C(=O)COc1ccccc1C. The smallest absolute Gasteiger partial charge is 0.261 e. The molecule has 0 fully saturated rings. The number of aryl methyl sites for hydroxylation is 1. The molecule has 3 rings (SSSR count). The number of hydrogen-bond donors (Lipinski definition) is 1. The molecule has 0 saturated heterocycles. The molecule has 0 aliphatic heterocycles. The molecule has 0 aromatic heterocycles. The highest BCUT2D eigenvalue weighted by molar-refractivity contribution is 6.35. The molecule has 3 aromatic rings. The summed E-state index contributed by atoms with van der Waals surface area (Å²) in [7, 11) is 0. The lowest BCUT2D eigenvalue weighted by molar-refractivity contribution is -0.143. The molecular weight excluding hydrogens is 495 g/mol. The Hall–Kier alpha value is -3.02. The standard InChI is InChI=1S/C29H32Cl2N2O3/c1-4-21(3)32-29(35)26(16-22-11-6-5-7-12-22)33(18-23-14-15-24(30)17-25(23)31)28(34)19-36-27-13-9-8-10-20(27)2/h5-15,17,21,26H,4,16,18-19H2,1-3H3,(H,32,35). The van der Waals surface area contributed by atoms with E-state index in [1.54, 1.807) is 23.1 Å². The van der Waals surface area contributed by atoms with Crippen LogP contribution in [0.15, 0.2) is 72.8 Å². The summed E-state index contributed by atoms with van der Waals surface area (Å²) in [6, 6.07) is 21.5. The second-order valence-electron chi connectivity index (χ2n) is 8.83. The van der Waals surface area contributed by atoms with E-state index >= 15 is 0 Å². The summed E-state index contributed by atoms with van der Waals surface area (Å²) < 4.78 is 5.87. The minimum atomic E-state index is -0.763. The van der Waals surface area contributed by atoms with Crippen molar-refractivity contribution >= 4 is 35.0 Å². The van der Waals surface area contributed by atoms with Crippen LogP contribution in [0.5, 0.6) is 5.75 Å². The maximum atomic E-state index is 13.7. The van der Waals surface area contributed by atoms with Crippen molar-refractivity contribution in [1.82, 2.24) is 10.2 Å². The second-order valence-corrected chi connectivity index (χ2v) is 9.68. The minimum absolute atomic E-state index is 0.0323. The van der Waals surface area contributed by atoms with E-state index in [1.165, 1.54) is 0 Å². The third-order valence-corrected chi connectivity index (χ3v) is 6.66. The Morgan fingerprint density at radius 2 is 1.69 bits per heavy atom. The van der Waals surface area contributed by atoms with Gasteiger partial charge in [0.25, 0.3) is 5.91 Å². The molecule has 190 valence electrons. The van der Waals surface area contributed by atoms with Gasteiger partial charge in [-0.25, -0.2) is 0 Å². The molecule has 0 bridgehead atoms. The number of carbonyl (C=O) groups excluding carboxylic acids is 2. The van der Waals surface area contributed by atoms with E-state index in [2.05, 4.69) is 5.32 Å². The Morgan fingerprint density at radius 1 is 1.00 bits per heavy atom. The topological polar surface area (TPSA) is 58.6 Å². The van der Waals surface area contributed by atoms with Crippen LogP contribution in [-0.4, -0.2) is 35.4 Å². The molecule has 1 N–H and O–H groups in total. The van der Waals surface area contributed by atoms with Gasteiger partial charge in [-0.15, -0.1) is 0 Å². The van der Waals surface area contributed by atoms with Crippen LogP contribution in [0, 0.1) is 6.92 Å². The Balaban J connectivity index is 1.95. The quantitative estimate of drug-likeness (QED) is 0.322. The van der Waals surface area contributed by atoms with Gasteiger partial charge < -0.3 is 15.0 Å². The van der Waals surface area contributed by atoms with Crippen molar-refractivity contribution in [3.8, 4) is 5.75 Å². The predicted octanol–water partition coefficient (Wildman–Crippen LogP) is 6.24. The lowest BCUT2D eigenvalue weighted by atomic mass is 10.0. The van der Waals surface area contributed by atoms with Crippen molar-refractivity contribution < 1.29 is 14.3 Å². The van der Waals surface area contributed by atoms with Crippen LogP contribution in [0.4, 0.5) is 0 Å². The average Bonchev–Trinajstić information content (AvgIpc) is 2.87.